The molecule has 4 nitrogen and oxygen atoms in total. The fourth-order valence-electron chi connectivity index (χ4n) is 2.70. The predicted molar refractivity (Wildman–Crippen MR) is 70.4 cm³/mol. The average Bonchev–Trinajstić information content (AvgIpc) is 2.77. The van der Waals surface area contributed by atoms with E-state index in [4.69, 9.17) is 9.72 Å². The third-order valence-electron chi connectivity index (χ3n) is 3.71. The summed E-state index contributed by atoms with van der Waals surface area (Å²) in [6, 6.07) is 4.00. The van der Waals surface area contributed by atoms with Gasteiger partial charge in [-0.1, -0.05) is 0 Å². The summed E-state index contributed by atoms with van der Waals surface area (Å²) >= 11 is 0. The molecule has 4 heteroatoms. The number of hydrogen-bond acceptors (Lipinski definition) is 3. The lowest BCUT2D eigenvalue weighted by Gasteiger charge is -2.21. The highest BCUT2D eigenvalue weighted by Gasteiger charge is 2.18. The van der Waals surface area contributed by atoms with Gasteiger partial charge in [-0.2, -0.15) is 0 Å². The van der Waals surface area contributed by atoms with Gasteiger partial charge in [0.1, 0.15) is 11.3 Å². The zero-order valence-electron chi connectivity index (χ0n) is 10.8. The minimum absolute atomic E-state index is 0.709. The van der Waals surface area contributed by atoms with Crippen molar-refractivity contribution in [2.45, 2.75) is 32.7 Å². The zero-order chi connectivity index (χ0) is 12.4. The van der Waals surface area contributed by atoms with Gasteiger partial charge in [-0.15, -0.1) is 0 Å². The lowest BCUT2D eigenvalue weighted by molar-refractivity contribution is 0.0658. The molecule has 0 saturated carbocycles. The fourth-order valence-corrected chi connectivity index (χ4v) is 2.70. The maximum absolute atomic E-state index is 5.41. The number of fused-ring (bicyclic) bond motifs is 1. The van der Waals surface area contributed by atoms with Crippen molar-refractivity contribution in [3.05, 3.63) is 24.2 Å². The van der Waals surface area contributed by atoms with Crippen molar-refractivity contribution < 1.29 is 4.74 Å². The predicted octanol–water partition coefficient (Wildman–Crippen LogP) is 2.42. The van der Waals surface area contributed by atoms with Gasteiger partial charge in [0.25, 0.3) is 0 Å². The Morgan fingerprint density at radius 2 is 2.22 bits per heavy atom. The van der Waals surface area contributed by atoms with Gasteiger partial charge in [0, 0.05) is 32.4 Å². The Labute approximate surface area is 107 Å². The number of pyridine rings is 1. The summed E-state index contributed by atoms with van der Waals surface area (Å²) < 4.78 is 7.65. The summed E-state index contributed by atoms with van der Waals surface area (Å²) in [4.78, 5) is 9.18. The Hall–Kier alpha value is -1.42. The molecular weight excluding hydrogens is 226 g/mol. The van der Waals surface area contributed by atoms with Gasteiger partial charge < -0.3 is 9.30 Å². The molecule has 0 N–H and O–H groups in total. The van der Waals surface area contributed by atoms with Crippen LogP contribution in [0.1, 0.15) is 25.6 Å². The third-order valence-corrected chi connectivity index (χ3v) is 3.71. The number of hydrogen-bond donors (Lipinski definition) is 0. The quantitative estimate of drug-likeness (QED) is 0.833. The normalized spacial score (nSPS) is 17.4. The topological polar surface area (TPSA) is 39.9 Å². The number of aryl methyl sites for hydroxylation is 1. The van der Waals surface area contributed by atoms with Gasteiger partial charge in [0.15, 0.2) is 5.65 Å². The van der Waals surface area contributed by atoms with Crippen molar-refractivity contribution in [1.29, 1.82) is 0 Å². The van der Waals surface area contributed by atoms with E-state index in [1.165, 1.54) is 5.82 Å². The largest absolute Gasteiger partial charge is 0.381 e. The van der Waals surface area contributed by atoms with E-state index in [2.05, 4.69) is 16.5 Å². The summed E-state index contributed by atoms with van der Waals surface area (Å²) in [7, 11) is 0. The number of nitrogens with zero attached hydrogens (tertiary/aromatic N) is 3. The fraction of sp³-hybridized carbons (Fsp3) is 0.571. The average molecular weight is 245 g/mol. The Bertz CT molecular complexity index is 529. The molecule has 0 atom stereocenters. The molecule has 1 fully saturated rings. The minimum atomic E-state index is 0.709. The van der Waals surface area contributed by atoms with Crippen LogP contribution in [0.3, 0.4) is 0 Å². The van der Waals surface area contributed by atoms with Gasteiger partial charge in [-0.25, -0.2) is 9.97 Å². The van der Waals surface area contributed by atoms with Crippen LogP contribution in [0.4, 0.5) is 0 Å². The molecule has 2 aromatic rings. The van der Waals surface area contributed by atoms with Crippen LogP contribution >= 0.6 is 0 Å². The highest BCUT2D eigenvalue weighted by atomic mass is 16.5. The van der Waals surface area contributed by atoms with E-state index in [0.717, 1.165) is 50.2 Å². The van der Waals surface area contributed by atoms with E-state index in [-0.39, 0.29) is 0 Å². The third kappa shape index (κ3) is 2.12. The second kappa shape index (κ2) is 5.06. The first-order valence-corrected chi connectivity index (χ1v) is 6.76. The molecule has 0 spiro atoms. The van der Waals surface area contributed by atoms with Crippen molar-refractivity contribution >= 4 is 11.2 Å². The first kappa shape index (κ1) is 11.7. The minimum Gasteiger partial charge on any atom is -0.381 e. The molecule has 1 aliphatic heterocycles. The van der Waals surface area contributed by atoms with Gasteiger partial charge in [-0.05, 0) is 37.8 Å². The van der Waals surface area contributed by atoms with Gasteiger partial charge in [0.2, 0.25) is 0 Å². The maximum Gasteiger partial charge on any atom is 0.159 e. The van der Waals surface area contributed by atoms with E-state index in [0.29, 0.717) is 5.92 Å². The molecule has 18 heavy (non-hydrogen) atoms. The smallest absolute Gasteiger partial charge is 0.159 e. The summed E-state index contributed by atoms with van der Waals surface area (Å²) in [5, 5.41) is 0. The van der Waals surface area contributed by atoms with Crippen molar-refractivity contribution in [1.82, 2.24) is 14.5 Å². The Balaban J connectivity index is 1.90. The van der Waals surface area contributed by atoms with Crippen LogP contribution in [0.15, 0.2) is 18.3 Å². The molecule has 0 aliphatic carbocycles. The van der Waals surface area contributed by atoms with Crippen LogP contribution in [-0.2, 0) is 17.7 Å². The maximum atomic E-state index is 5.41. The molecule has 0 radical (unpaired) electrons. The molecule has 0 amide bonds. The van der Waals surface area contributed by atoms with Crippen LogP contribution < -0.4 is 0 Å². The molecule has 0 unspecified atom stereocenters. The molecule has 0 aromatic carbocycles. The van der Waals surface area contributed by atoms with Crippen molar-refractivity contribution in [2.75, 3.05) is 13.2 Å². The summed E-state index contributed by atoms with van der Waals surface area (Å²) in [5.74, 6) is 1.89. The zero-order valence-corrected chi connectivity index (χ0v) is 10.8. The standard InChI is InChI=1S/C14H19N3O/c1-2-17-13(10-11-5-8-18-9-6-11)16-12-4-3-7-15-14(12)17/h3-4,7,11H,2,5-6,8-10H2,1H3. The van der Waals surface area contributed by atoms with Crippen molar-refractivity contribution in [3.63, 3.8) is 0 Å². The lowest BCUT2D eigenvalue weighted by atomic mass is 9.96. The molecular formula is C14H19N3O. The van der Waals surface area contributed by atoms with Crippen LogP contribution in [-0.4, -0.2) is 27.7 Å². The number of imidazole rings is 1. The molecule has 96 valence electrons. The van der Waals surface area contributed by atoms with Gasteiger partial charge in [0.05, 0.1) is 0 Å². The van der Waals surface area contributed by atoms with Crippen LogP contribution in [0.25, 0.3) is 11.2 Å². The van der Waals surface area contributed by atoms with Crippen molar-refractivity contribution in [3.8, 4) is 0 Å². The van der Waals surface area contributed by atoms with E-state index in [9.17, 15) is 0 Å². The van der Waals surface area contributed by atoms with Gasteiger partial charge >= 0.3 is 0 Å². The SMILES string of the molecule is CCn1c(CC2CCOCC2)nc2cccnc21. The monoisotopic (exact) mass is 245 g/mol. The summed E-state index contributed by atoms with van der Waals surface area (Å²) in [5.41, 5.74) is 2.03. The summed E-state index contributed by atoms with van der Waals surface area (Å²) in [6.07, 6.45) is 5.20. The van der Waals surface area contributed by atoms with E-state index in [1.807, 2.05) is 18.3 Å². The first-order valence-electron chi connectivity index (χ1n) is 6.76. The molecule has 3 rings (SSSR count). The summed E-state index contributed by atoms with van der Waals surface area (Å²) in [6.45, 7) is 4.89. The molecule has 0 bridgehead atoms. The second-order valence-electron chi connectivity index (χ2n) is 4.88. The molecule has 3 heterocycles. The molecule has 1 aliphatic rings. The molecule has 1 saturated heterocycles. The lowest BCUT2D eigenvalue weighted by Crippen LogP contribution is -2.19. The number of aromatic nitrogens is 3. The van der Waals surface area contributed by atoms with E-state index < -0.39 is 0 Å². The Kier molecular flexibility index (Phi) is 3.28. The van der Waals surface area contributed by atoms with Crippen LogP contribution in [0.5, 0.6) is 0 Å². The van der Waals surface area contributed by atoms with Gasteiger partial charge in [-0.3, -0.25) is 0 Å². The second-order valence-corrected chi connectivity index (χ2v) is 4.88. The first-order chi connectivity index (χ1) is 8.88. The van der Waals surface area contributed by atoms with Crippen LogP contribution in [0, 0.1) is 5.92 Å². The van der Waals surface area contributed by atoms with E-state index in [1.54, 1.807) is 0 Å². The number of rotatable bonds is 3. The highest BCUT2D eigenvalue weighted by molar-refractivity contribution is 5.71. The highest BCUT2D eigenvalue weighted by Crippen LogP contribution is 2.22. The Morgan fingerprint density at radius 3 is 3.00 bits per heavy atom. The van der Waals surface area contributed by atoms with Crippen LogP contribution in [0.2, 0.25) is 0 Å². The Morgan fingerprint density at radius 1 is 1.39 bits per heavy atom. The van der Waals surface area contributed by atoms with Crippen molar-refractivity contribution in [2.24, 2.45) is 5.92 Å². The molecule has 2 aromatic heterocycles. The number of ether oxygens (including phenoxy) is 1. The van der Waals surface area contributed by atoms with E-state index >= 15 is 0 Å².